The lowest BCUT2D eigenvalue weighted by atomic mass is 10.1. The van der Waals surface area contributed by atoms with Crippen LogP contribution in [0.5, 0.6) is 5.75 Å². The molecule has 3 heteroatoms. The summed E-state index contributed by atoms with van der Waals surface area (Å²) in [7, 11) is 0. The SMILES string of the molecule is Cc1ccc(O)c(CN(CC2CC2)CC2CCCN2)c1. The van der Waals surface area contributed by atoms with E-state index in [4.69, 9.17) is 0 Å². The number of rotatable bonds is 6. The Morgan fingerprint density at radius 3 is 2.80 bits per heavy atom. The topological polar surface area (TPSA) is 35.5 Å². The summed E-state index contributed by atoms with van der Waals surface area (Å²) < 4.78 is 0. The summed E-state index contributed by atoms with van der Waals surface area (Å²) in [5.41, 5.74) is 2.30. The number of phenolic OH excluding ortho intramolecular Hbond substituents is 1. The molecule has 110 valence electrons. The van der Waals surface area contributed by atoms with E-state index in [1.54, 1.807) is 0 Å². The van der Waals surface area contributed by atoms with Crippen LogP contribution in [0.15, 0.2) is 18.2 Å². The molecule has 0 radical (unpaired) electrons. The molecule has 1 aromatic carbocycles. The maximum Gasteiger partial charge on any atom is 0.120 e. The van der Waals surface area contributed by atoms with E-state index >= 15 is 0 Å². The van der Waals surface area contributed by atoms with Gasteiger partial charge in [0, 0.05) is 31.2 Å². The van der Waals surface area contributed by atoms with Crippen molar-refractivity contribution in [3.8, 4) is 5.75 Å². The van der Waals surface area contributed by atoms with Crippen LogP contribution in [-0.2, 0) is 6.54 Å². The Morgan fingerprint density at radius 1 is 1.25 bits per heavy atom. The molecule has 0 bridgehead atoms. The fourth-order valence-electron chi connectivity index (χ4n) is 3.18. The van der Waals surface area contributed by atoms with Crippen molar-refractivity contribution in [3.63, 3.8) is 0 Å². The lowest BCUT2D eigenvalue weighted by molar-refractivity contribution is 0.229. The number of nitrogens with one attached hydrogen (secondary N) is 1. The zero-order valence-electron chi connectivity index (χ0n) is 12.4. The molecule has 0 spiro atoms. The largest absolute Gasteiger partial charge is 0.508 e. The molecule has 1 saturated carbocycles. The van der Waals surface area contributed by atoms with Crippen molar-refractivity contribution in [1.29, 1.82) is 0 Å². The fourth-order valence-corrected chi connectivity index (χ4v) is 3.18. The number of aryl methyl sites for hydroxylation is 1. The van der Waals surface area contributed by atoms with Crippen LogP contribution < -0.4 is 5.32 Å². The Morgan fingerprint density at radius 2 is 2.10 bits per heavy atom. The lowest BCUT2D eigenvalue weighted by Crippen LogP contribution is -2.38. The van der Waals surface area contributed by atoms with E-state index in [0.29, 0.717) is 11.8 Å². The molecular weight excluding hydrogens is 248 g/mol. The summed E-state index contributed by atoms with van der Waals surface area (Å²) in [6.45, 7) is 6.43. The molecule has 2 fully saturated rings. The van der Waals surface area contributed by atoms with Gasteiger partial charge in [-0.05, 0) is 51.1 Å². The second kappa shape index (κ2) is 6.15. The van der Waals surface area contributed by atoms with Crippen molar-refractivity contribution in [2.75, 3.05) is 19.6 Å². The Labute approximate surface area is 122 Å². The molecule has 0 amide bonds. The number of hydrogen-bond acceptors (Lipinski definition) is 3. The van der Waals surface area contributed by atoms with Crippen LogP contribution in [0.2, 0.25) is 0 Å². The molecule has 3 rings (SSSR count). The fraction of sp³-hybridized carbons (Fsp3) is 0.647. The maximum absolute atomic E-state index is 10.1. The quantitative estimate of drug-likeness (QED) is 0.837. The van der Waals surface area contributed by atoms with Crippen molar-refractivity contribution in [2.45, 2.75) is 45.2 Å². The van der Waals surface area contributed by atoms with Crippen LogP contribution in [0.4, 0.5) is 0 Å². The first kappa shape index (κ1) is 13.9. The highest BCUT2D eigenvalue weighted by atomic mass is 16.3. The van der Waals surface area contributed by atoms with Crippen molar-refractivity contribution in [2.24, 2.45) is 5.92 Å². The highest BCUT2D eigenvalue weighted by Crippen LogP contribution is 2.31. The van der Waals surface area contributed by atoms with Gasteiger partial charge in [-0.3, -0.25) is 4.90 Å². The molecule has 1 aromatic rings. The van der Waals surface area contributed by atoms with E-state index in [1.807, 2.05) is 12.1 Å². The van der Waals surface area contributed by atoms with Gasteiger partial charge in [-0.1, -0.05) is 17.7 Å². The summed E-state index contributed by atoms with van der Waals surface area (Å²) in [6, 6.07) is 6.56. The summed E-state index contributed by atoms with van der Waals surface area (Å²) in [5.74, 6) is 1.33. The molecule has 1 unspecified atom stereocenters. The number of hydrogen-bond donors (Lipinski definition) is 2. The maximum atomic E-state index is 10.1. The van der Waals surface area contributed by atoms with E-state index in [2.05, 4.69) is 23.2 Å². The summed E-state index contributed by atoms with van der Waals surface area (Å²) in [5, 5.41) is 13.6. The monoisotopic (exact) mass is 274 g/mol. The minimum Gasteiger partial charge on any atom is -0.508 e. The van der Waals surface area contributed by atoms with Gasteiger partial charge in [0.1, 0.15) is 5.75 Å². The highest BCUT2D eigenvalue weighted by molar-refractivity contribution is 5.35. The van der Waals surface area contributed by atoms with Crippen LogP contribution in [0, 0.1) is 12.8 Å². The highest BCUT2D eigenvalue weighted by Gasteiger charge is 2.26. The molecule has 1 atom stereocenters. The Balaban J connectivity index is 1.65. The van der Waals surface area contributed by atoms with E-state index in [-0.39, 0.29) is 0 Å². The average Bonchev–Trinajstić information content (AvgIpc) is 3.08. The smallest absolute Gasteiger partial charge is 0.120 e. The molecule has 1 aliphatic carbocycles. The number of nitrogens with zero attached hydrogens (tertiary/aromatic N) is 1. The van der Waals surface area contributed by atoms with Gasteiger partial charge in [0.25, 0.3) is 0 Å². The Kier molecular flexibility index (Phi) is 4.27. The Hall–Kier alpha value is -1.06. The zero-order valence-corrected chi connectivity index (χ0v) is 12.4. The van der Waals surface area contributed by atoms with E-state index in [9.17, 15) is 5.11 Å². The predicted octanol–water partition coefficient (Wildman–Crippen LogP) is 2.66. The molecule has 1 heterocycles. The molecule has 3 nitrogen and oxygen atoms in total. The van der Waals surface area contributed by atoms with Gasteiger partial charge in [-0.15, -0.1) is 0 Å². The van der Waals surface area contributed by atoms with E-state index in [1.165, 1.54) is 37.8 Å². The standard InChI is InChI=1S/C17H26N2O/c1-13-4-7-17(20)15(9-13)11-19(10-14-5-6-14)12-16-3-2-8-18-16/h4,7,9,14,16,18,20H,2-3,5-6,8,10-12H2,1H3. The normalized spacial score (nSPS) is 22.6. The predicted molar refractivity (Wildman–Crippen MR) is 81.9 cm³/mol. The molecule has 1 aliphatic heterocycles. The second-order valence-corrected chi connectivity index (χ2v) is 6.56. The van der Waals surface area contributed by atoms with Crippen molar-refractivity contribution in [3.05, 3.63) is 29.3 Å². The van der Waals surface area contributed by atoms with Gasteiger partial charge in [0.15, 0.2) is 0 Å². The van der Waals surface area contributed by atoms with Gasteiger partial charge in [0.2, 0.25) is 0 Å². The number of aromatic hydroxyl groups is 1. The van der Waals surface area contributed by atoms with Gasteiger partial charge >= 0.3 is 0 Å². The summed E-state index contributed by atoms with van der Waals surface area (Å²) in [4.78, 5) is 2.54. The first-order valence-corrected chi connectivity index (χ1v) is 7.95. The van der Waals surface area contributed by atoms with E-state index < -0.39 is 0 Å². The average molecular weight is 274 g/mol. The Bertz CT molecular complexity index is 450. The third-order valence-corrected chi connectivity index (χ3v) is 4.48. The van der Waals surface area contributed by atoms with Crippen LogP contribution in [0.3, 0.4) is 0 Å². The van der Waals surface area contributed by atoms with Gasteiger partial charge in [-0.25, -0.2) is 0 Å². The minimum absolute atomic E-state index is 0.441. The zero-order chi connectivity index (χ0) is 13.9. The van der Waals surface area contributed by atoms with Crippen LogP contribution >= 0.6 is 0 Å². The third kappa shape index (κ3) is 3.74. The molecule has 2 N–H and O–H groups in total. The van der Waals surface area contributed by atoms with Crippen LogP contribution in [-0.4, -0.2) is 35.7 Å². The first-order valence-electron chi connectivity index (χ1n) is 7.95. The van der Waals surface area contributed by atoms with Crippen LogP contribution in [0.25, 0.3) is 0 Å². The molecule has 20 heavy (non-hydrogen) atoms. The number of phenols is 1. The minimum atomic E-state index is 0.441. The number of benzene rings is 1. The first-order chi connectivity index (χ1) is 9.70. The lowest BCUT2D eigenvalue weighted by Gasteiger charge is -2.26. The van der Waals surface area contributed by atoms with Crippen molar-refractivity contribution in [1.82, 2.24) is 10.2 Å². The van der Waals surface area contributed by atoms with Gasteiger partial charge < -0.3 is 10.4 Å². The molecule has 1 saturated heterocycles. The van der Waals surface area contributed by atoms with Gasteiger partial charge in [0.05, 0.1) is 0 Å². The van der Waals surface area contributed by atoms with Crippen LogP contribution in [0.1, 0.15) is 36.8 Å². The van der Waals surface area contributed by atoms with Crippen molar-refractivity contribution < 1.29 is 5.11 Å². The molecule has 2 aliphatic rings. The third-order valence-electron chi connectivity index (χ3n) is 4.48. The summed E-state index contributed by atoms with van der Waals surface area (Å²) >= 11 is 0. The molecule has 0 aromatic heterocycles. The van der Waals surface area contributed by atoms with Gasteiger partial charge in [-0.2, -0.15) is 0 Å². The second-order valence-electron chi connectivity index (χ2n) is 6.56. The molecular formula is C17H26N2O. The van der Waals surface area contributed by atoms with E-state index in [0.717, 1.165) is 31.1 Å². The van der Waals surface area contributed by atoms with Crippen molar-refractivity contribution >= 4 is 0 Å². The summed E-state index contributed by atoms with van der Waals surface area (Å²) in [6.07, 6.45) is 5.36.